The maximum atomic E-state index is 13.6. The average molecular weight is 551 g/mol. The molecule has 0 saturated heterocycles. The molecule has 0 radical (unpaired) electrons. The van der Waals surface area contributed by atoms with Crippen LogP contribution in [0.15, 0.2) is 34.8 Å². The van der Waals surface area contributed by atoms with Crippen molar-refractivity contribution in [3.63, 3.8) is 0 Å². The predicted octanol–water partition coefficient (Wildman–Crippen LogP) is 0.0425. The summed E-state index contributed by atoms with van der Waals surface area (Å²) in [5.41, 5.74) is 1.80. The molecule has 0 aromatic heterocycles. The number of carbonyl (C=O) groups excluding carboxylic acids is 4. The number of hydrogen-bond donors (Lipinski definition) is 6. The number of anilines is 1. The molecule has 0 saturated carbocycles. The fourth-order valence-electron chi connectivity index (χ4n) is 5.80. The number of rotatable bonds is 5. The molecule has 0 heterocycles. The molecular weight excluding hydrogens is 520 g/mol. The minimum absolute atomic E-state index is 0. The van der Waals surface area contributed by atoms with Crippen LogP contribution in [0.3, 0.4) is 0 Å². The zero-order valence-electron chi connectivity index (χ0n) is 21.3. The number of nitrogens with one attached hydrogen (secondary N) is 1. The number of aliphatic hydroxyl groups excluding tert-OH is 2. The topological polar surface area (TPSA) is 194 Å². The number of aliphatic hydroxyl groups is 3. The van der Waals surface area contributed by atoms with Gasteiger partial charge < -0.3 is 36.4 Å². The van der Waals surface area contributed by atoms with Gasteiger partial charge in [0.2, 0.25) is 11.7 Å². The largest absolute Gasteiger partial charge is 0.510 e. The van der Waals surface area contributed by atoms with Crippen molar-refractivity contribution in [1.82, 2.24) is 9.80 Å². The predicted molar refractivity (Wildman–Crippen MR) is 138 cm³/mol. The van der Waals surface area contributed by atoms with Gasteiger partial charge in [0.1, 0.15) is 17.1 Å². The molecule has 38 heavy (non-hydrogen) atoms. The van der Waals surface area contributed by atoms with E-state index < -0.39 is 69.7 Å². The zero-order chi connectivity index (χ0) is 27.6. The second kappa shape index (κ2) is 10.0. The van der Waals surface area contributed by atoms with Gasteiger partial charge in [0.25, 0.3) is 5.91 Å². The number of nitrogens with zero attached hydrogens (tertiary/aromatic N) is 2. The standard InChI is InChI=1S/C25H30N4O8.ClH/c1-28(2)9-14(30)27-13-6-5-10-7-11-8-12-18(29(3)4)21(33)17(24(26)36)23(35)25(12,37)22(34)16(11)20(32)15(10)19(13)31;/h5-6,11-12,18,31,33-34,37H,7-9H2,1-4H3,(H2,26,36)(H,27,30);1H/t11?,12?,18-,25-;/m0./s1. The Morgan fingerprint density at radius 2 is 1.76 bits per heavy atom. The summed E-state index contributed by atoms with van der Waals surface area (Å²) in [5.74, 6) is -7.61. The van der Waals surface area contributed by atoms with Crippen molar-refractivity contribution >= 4 is 41.5 Å². The Kier molecular flexibility index (Phi) is 7.68. The Balaban J connectivity index is 0.00000400. The highest BCUT2D eigenvalue weighted by Crippen LogP contribution is 2.52. The molecule has 0 bridgehead atoms. The third-order valence-corrected chi connectivity index (χ3v) is 7.33. The van der Waals surface area contributed by atoms with Gasteiger partial charge in [-0.05, 0) is 58.6 Å². The van der Waals surface area contributed by atoms with Gasteiger partial charge in [-0.15, -0.1) is 12.4 Å². The van der Waals surface area contributed by atoms with Gasteiger partial charge in [-0.2, -0.15) is 0 Å². The fraction of sp³-hybridized carbons (Fsp3) is 0.440. The second-order valence-electron chi connectivity index (χ2n) is 10.2. The molecular formula is C25H31ClN4O8. The Morgan fingerprint density at radius 3 is 2.32 bits per heavy atom. The van der Waals surface area contributed by atoms with Crippen LogP contribution in [-0.4, -0.2) is 100.0 Å². The molecule has 1 aromatic rings. The van der Waals surface area contributed by atoms with Gasteiger partial charge in [0, 0.05) is 11.5 Å². The Hall–Kier alpha value is -3.45. The van der Waals surface area contributed by atoms with Crippen LogP contribution in [0, 0.1) is 11.8 Å². The third kappa shape index (κ3) is 4.23. The first kappa shape index (κ1) is 29.1. The highest BCUT2D eigenvalue weighted by molar-refractivity contribution is 6.25. The summed E-state index contributed by atoms with van der Waals surface area (Å²) >= 11 is 0. The first-order chi connectivity index (χ1) is 17.2. The van der Waals surface area contributed by atoms with Crippen molar-refractivity contribution in [3.05, 3.63) is 45.9 Å². The maximum absolute atomic E-state index is 13.6. The van der Waals surface area contributed by atoms with E-state index >= 15 is 0 Å². The van der Waals surface area contributed by atoms with E-state index in [1.54, 1.807) is 39.2 Å². The number of hydrogen-bond acceptors (Lipinski definition) is 10. The van der Waals surface area contributed by atoms with Crippen molar-refractivity contribution < 1.29 is 39.6 Å². The van der Waals surface area contributed by atoms with Gasteiger partial charge in [0.15, 0.2) is 17.1 Å². The highest BCUT2D eigenvalue weighted by atomic mass is 35.5. The minimum atomic E-state index is -2.70. The highest BCUT2D eigenvalue weighted by Gasteiger charge is 2.63. The van der Waals surface area contributed by atoms with Gasteiger partial charge in [0.05, 0.1) is 23.8 Å². The van der Waals surface area contributed by atoms with Crippen LogP contribution >= 0.6 is 12.4 Å². The van der Waals surface area contributed by atoms with Crippen LogP contribution in [-0.2, 0) is 20.8 Å². The van der Waals surface area contributed by atoms with E-state index in [-0.39, 0.29) is 48.6 Å². The van der Waals surface area contributed by atoms with Crippen LogP contribution in [0.25, 0.3) is 0 Å². The molecule has 3 aliphatic carbocycles. The second-order valence-corrected chi connectivity index (χ2v) is 10.2. The number of phenolic OH excluding ortho intramolecular Hbond substituents is 1. The van der Waals surface area contributed by atoms with E-state index in [9.17, 15) is 39.6 Å². The summed E-state index contributed by atoms with van der Waals surface area (Å²) in [6, 6.07) is 2.02. The molecule has 12 nitrogen and oxygen atoms in total. The quantitative estimate of drug-likeness (QED) is 0.215. The number of aromatic hydroxyl groups is 1. The Labute approximate surface area is 224 Å². The SMILES string of the molecule is CN(C)CC(=O)Nc1ccc2c(c1O)C(=O)C1=C(O)[C@]3(O)C(=O)C(C(N)=O)=C(O)[C@@H](N(C)C)C3CC1C2.Cl. The monoisotopic (exact) mass is 550 g/mol. The third-order valence-electron chi connectivity index (χ3n) is 7.33. The van der Waals surface area contributed by atoms with Crippen molar-refractivity contribution in [2.45, 2.75) is 24.5 Å². The number of fused-ring (bicyclic) bond motifs is 3. The molecule has 13 heteroatoms. The Morgan fingerprint density at radius 1 is 1.13 bits per heavy atom. The van der Waals surface area contributed by atoms with Gasteiger partial charge in [-0.25, -0.2) is 0 Å². The molecule has 0 spiro atoms. The Bertz CT molecular complexity index is 1300. The lowest BCUT2D eigenvalue weighted by atomic mass is 9.58. The van der Waals surface area contributed by atoms with E-state index in [0.717, 1.165) is 0 Å². The van der Waals surface area contributed by atoms with Gasteiger partial charge in [-0.1, -0.05) is 6.07 Å². The molecule has 4 atom stereocenters. The summed E-state index contributed by atoms with van der Waals surface area (Å²) in [7, 11) is 6.52. The number of ketones is 2. The fourth-order valence-corrected chi connectivity index (χ4v) is 5.80. The van der Waals surface area contributed by atoms with E-state index in [2.05, 4.69) is 5.32 Å². The molecule has 4 rings (SSSR count). The number of Topliss-reactive ketones (excluding diaryl/α,β-unsaturated/α-hetero) is 2. The number of nitrogens with two attached hydrogens (primary N) is 1. The van der Waals surface area contributed by atoms with Gasteiger partial charge in [-0.3, -0.25) is 24.1 Å². The summed E-state index contributed by atoms with van der Waals surface area (Å²) in [4.78, 5) is 54.3. The molecule has 206 valence electrons. The molecule has 0 fully saturated rings. The van der Waals surface area contributed by atoms with Crippen LogP contribution in [0.1, 0.15) is 22.3 Å². The normalized spacial score (nSPS) is 26.6. The lowest BCUT2D eigenvalue weighted by molar-refractivity contribution is -0.148. The number of benzene rings is 1. The van der Waals surface area contributed by atoms with E-state index in [0.29, 0.717) is 5.56 Å². The summed E-state index contributed by atoms with van der Waals surface area (Å²) in [6.45, 7) is 0.0324. The lowest BCUT2D eigenvalue weighted by Gasteiger charge is -2.50. The molecule has 1 aromatic carbocycles. The summed E-state index contributed by atoms with van der Waals surface area (Å²) in [5, 5.41) is 47.1. The first-order valence-electron chi connectivity index (χ1n) is 11.7. The van der Waals surface area contributed by atoms with E-state index in [1.165, 1.54) is 11.0 Å². The van der Waals surface area contributed by atoms with Crippen molar-refractivity contribution in [2.75, 3.05) is 40.1 Å². The molecule has 2 unspecified atom stereocenters. The van der Waals surface area contributed by atoms with Crippen LogP contribution in [0.2, 0.25) is 0 Å². The van der Waals surface area contributed by atoms with E-state index in [4.69, 9.17) is 5.73 Å². The number of carbonyl (C=O) groups is 4. The number of likely N-dealkylation sites (N-methyl/N-ethyl adjacent to an activating group) is 2. The zero-order valence-corrected chi connectivity index (χ0v) is 22.1. The number of phenols is 1. The van der Waals surface area contributed by atoms with Crippen molar-refractivity contribution in [3.8, 4) is 5.75 Å². The number of amides is 2. The van der Waals surface area contributed by atoms with Crippen molar-refractivity contribution in [2.24, 2.45) is 17.6 Å². The minimum Gasteiger partial charge on any atom is -0.510 e. The summed E-state index contributed by atoms with van der Waals surface area (Å²) < 4.78 is 0. The maximum Gasteiger partial charge on any atom is 0.255 e. The molecule has 3 aliphatic rings. The van der Waals surface area contributed by atoms with Gasteiger partial charge >= 0.3 is 0 Å². The number of halogens is 1. The first-order valence-corrected chi connectivity index (χ1v) is 11.7. The van der Waals surface area contributed by atoms with Crippen LogP contribution in [0.4, 0.5) is 5.69 Å². The van der Waals surface area contributed by atoms with E-state index in [1.807, 2.05) is 0 Å². The van der Waals surface area contributed by atoms with Crippen LogP contribution < -0.4 is 11.1 Å². The smallest absolute Gasteiger partial charge is 0.255 e. The van der Waals surface area contributed by atoms with Crippen LogP contribution in [0.5, 0.6) is 5.75 Å². The molecule has 0 aliphatic heterocycles. The molecule has 7 N–H and O–H groups in total. The van der Waals surface area contributed by atoms with Crippen molar-refractivity contribution in [1.29, 1.82) is 0 Å². The number of primary amides is 1. The average Bonchev–Trinajstić information content (AvgIpc) is 2.77. The number of allylic oxidation sites excluding steroid dienone is 1. The lowest BCUT2D eigenvalue weighted by Crippen LogP contribution is -2.63. The summed E-state index contributed by atoms with van der Waals surface area (Å²) in [6.07, 6.45) is 0.182. The molecule has 2 amide bonds.